The van der Waals surface area contributed by atoms with Crippen LogP contribution in [0.3, 0.4) is 0 Å². The minimum absolute atomic E-state index is 0.278. The van der Waals surface area contributed by atoms with Crippen LogP contribution in [-0.4, -0.2) is 29.6 Å². The second-order valence-corrected chi connectivity index (χ2v) is 7.08. The van der Waals surface area contributed by atoms with Crippen LogP contribution >= 0.6 is 0 Å². The Morgan fingerprint density at radius 3 is 2.52 bits per heavy atom. The molecule has 1 N–H and O–H groups in total. The molecule has 118 valence electrons. The van der Waals surface area contributed by atoms with E-state index in [0.29, 0.717) is 11.5 Å². The second-order valence-electron chi connectivity index (χ2n) is 7.08. The van der Waals surface area contributed by atoms with Crippen LogP contribution in [0.5, 0.6) is 0 Å². The van der Waals surface area contributed by atoms with Gasteiger partial charge in [0, 0.05) is 5.56 Å². The maximum atomic E-state index is 14.5. The van der Waals surface area contributed by atoms with E-state index in [1.54, 1.807) is 0 Å². The summed E-state index contributed by atoms with van der Waals surface area (Å²) in [5.41, 5.74) is 1.86. The van der Waals surface area contributed by atoms with Crippen LogP contribution in [0.1, 0.15) is 55.4 Å². The number of likely N-dealkylation sites (N-methyl/N-ethyl adjacent to an activating group) is 1. The van der Waals surface area contributed by atoms with Gasteiger partial charge in [0.2, 0.25) is 0 Å². The van der Waals surface area contributed by atoms with Gasteiger partial charge in [-0.25, -0.2) is 4.39 Å². The minimum atomic E-state index is -0.782. The molecule has 0 heterocycles. The first-order valence-electron chi connectivity index (χ1n) is 7.90. The molecule has 1 saturated carbocycles. The van der Waals surface area contributed by atoms with Crippen LogP contribution in [0, 0.1) is 25.6 Å². The van der Waals surface area contributed by atoms with Gasteiger partial charge in [0.05, 0.1) is 5.54 Å². The van der Waals surface area contributed by atoms with E-state index < -0.39 is 6.10 Å². The summed E-state index contributed by atoms with van der Waals surface area (Å²) in [5.74, 6) is 0.282. The predicted octanol–water partition coefficient (Wildman–Crippen LogP) is 3.99. The highest BCUT2D eigenvalue weighted by Crippen LogP contribution is 2.45. The molecule has 1 aromatic rings. The van der Waals surface area contributed by atoms with Gasteiger partial charge in [-0.15, -0.1) is 0 Å². The fourth-order valence-electron chi connectivity index (χ4n) is 4.01. The molecular formula is C18H28FNO. The third-order valence-corrected chi connectivity index (χ3v) is 5.16. The normalized spacial score (nSPS) is 27.9. The van der Waals surface area contributed by atoms with Crippen molar-refractivity contribution in [2.45, 2.75) is 58.1 Å². The quantitative estimate of drug-likeness (QED) is 0.911. The highest BCUT2D eigenvalue weighted by Gasteiger charge is 2.45. The van der Waals surface area contributed by atoms with Gasteiger partial charge in [-0.1, -0.05) is 25.8 Å². The van der Waals surface area contributed by atoms with E-state index in [-0.39, 0.29) is 11.4 Å². The smallest absolute Gasteiger partial charge is 0.129 e. The van der Waals surface area contributed by atoms with Crippen molar-refractivity contribution in [2.24, 2.45) is 5.92 Å². The van der Waals surface area contributed by atoms with E-state index in [0.717, 1.165) is 30.4 Å². The topological polar surface area (TPSA) is 23.5 Å². The Hall–Kier alpha value is -0.930. The lowest BCUT2D eigenvalue weighted by Gasteiger charge is -2.48. The third kappa shape index (κ3) is 3.00. The zero-order valence-corrected chi connectivity index (χ0v) is 13.9. The number of halogens is 1. The van der Waals surface area contributed by atoms with Crippen LogP contribution in [-0.2, 0) is 0 Å². The van der Waals surface area contributed by atoms with Gasteiger partial charge in [-0.05, 0) is 63.9 Å². The Morgan fingerprint density at radius 2 is 2.00 bits per heavy atom. The lowest BCUT2D eigenvalue weighted by Crippen LogP contribution is -2.52. The Bertz CT molecular complexity index is 491. The van der Waals surface area contributed by atoms with Crippen molar-refractivity contribution in [2.75, 3.05) is 14.1 Å². The molecule has 2 rings (SSSR count). The summed E-state index contributed by atoms with van der Waals surface area (Å²) in [6, 6.07) is 3.48. The maximum absolute atomic E-state index is 14.5. The number of nitrogens with zero attached hydrogens (tertiary/aromatic N) is 1. The lowest BCUT2D eigenvalue weighted by molar-refractivity contribution is -0.0469. The van der Waals surface area contributed by atoms with Gasteiger partial charge in [0.1, 0.15) is 11.9 Å². The fourth-order valence-corrected chi connectivity index (χ4v) is 4.01. The Kier molecular flexibility index (Phi) is 4.74. The van der Waals surface area contributed by atoms with Crippen LogP contribution in [0.4, 0.5) is 4.39 Å². The summed E-state index contributed by atoms with van der Waals surface area (Å²) >= 11 is 0. The average molecular weight is 293 g/mol. The molecule has 1 aliphatic carbocycles. The first-order valence-corrected chi connectivity index (χ1v) is 7.90. The Labute approximate surface area is 128 Å². The summed E-state index contributed by atoms with van der Waals surface area (Å²) in [4.78, 5) is 2.10. The lowest BCUT2D eigenvalue weighted by atomic mass is 9.70. The van der Waals surface area contributed by atoms with Crippen molar-refractivity contribution in [1.82, 2.24) is 4.90 Å². The molecule has 0 amide bonds. The molecule has 1 fully saturated rings. The molecular weight excluding hydrogens is 265 g/mol. The van der Waals surface area contributed by atoms with Crippen LogP contribution in [0.15, 0.2) is 12.1 Å². The van der Waals surface area contributed by atoms with Crippen molar-refractivity contribution in [3.63, 3.8) is 0 Å². The van der Waals surface area contributed by atoms with E-state index in [4.69, 9.17) is 0 Å². The molecule has 2 nitrogen and oxygen atoms in total. The highest BCUT2D eigenvalue weighted by molar-refractivity contribution is 5.35. The second kappa shape index (κ2) is 6.05. The van der Waals surface area contributed by atoms with Crippen molar-refractivity contribution in [3.8, 4) is 0 Å². The van der Waals surface area contributed by atoms with E-state index >= 15 is 0 Å². The van der Waals surface area contributed by atoms with Crippen molar-refractivity contribution >= 4 is 0 Å². The van der Waals surface area contributed by atoms with Crippen LogP contribution in [0.25, 0.3) is 0 Å². The van der Waals surface area contributed by atoms with E-state index in [1.807, 2.05) is 34.0 Å². The molecule has 1 aliphatic rings. The molecule has 3 unspecified atom stereocenters. The fraction of sp³-hybridized carbons (Fsp3) is 0.667. The van der Waals surface area contributed by atoms with Gasteiger partial charge < -0.3 is 10.0 Å². The number of aryl methyl sites for hydroxylation is 2. The first-order chi connectivity index (χ1) is 9.78. The predicted molar refractivity (Wildman–Crippen MR) is 84.9 cm³/mol. The molecule has 0 radical (unpaired) electrons. The summed E-state index contributed by atoms with van der Waals surface area (Å²) in [5, 5.41) is 11.1. The van der Waals surface area contributed by atoms with Crippen molar-refractivity contribution in [3.05, 3.63) is 34.6 Å². The highest BCUT2D eigenvalue weighted by atomic mass is 19.1. The van der Waals surface area contributed by atoms with Crippen LogP contribution < -0.4 is 0 Å². The van der Waals surface area contributed by atoms with Gasteiger partial charge in [-0.3, -0.25) is 0 Å². The molecule has 3 heteroatoms. The van der Waals surface area contributed by atoms with Gasteiger partial charge in [-0.2, -0.15) is 0 Å². The average Bonchev–Trinajstić information content (AvgIpc) is 2.36. The molecule has 0 spiro atoms. The molecule has 21 heavy (non-hydrogen) atoms. The van der Waals surface area contributed by atoms with E-state index in [9.17, 15) is 9.50 Å². The Balaban J connectivity index is 2.47. The summed E-state index contributed by atoms with van der Waals surface area (Å²) in [7, 11) is 4.01. The molecule has 0 aromatic heterocycles. The number of aliphatic hydroxyl groups excluding tert-OH is 1. The maximum Gasteiger partial charge on any atom is 0.129 e. The summed E-state index contributed by atoms with van der Waals surface area (Å²) < 4.78 is 14.5. The first kappa shape index (κ1) is 16.4. The third-order valence-electron chi connectivity index (χ3n) is 5.16. The molecule has 0 saturated heterocycles. The number of aliphatic hydroxyl groups is 1. The van der Waals surface area contributed by atoms with Gasteiger partial charge in [0.25, 0.3) is 0 Å². The zero-order chi connectivity index (χ0) is 15.8. The summed E-state index contributed by atoms with van der Waals surface area (Å²) in [6.07, 6.45) is 3.32. The molecule has 0 bridgehead atoms. The van der Waals surface area contributed by atoms with E-state index in [1.165, 1.54) is 12.5 Å². The van der Waals surface area contributed by atoms with Crippen LogP contribution in [0.2, 0.25) is 0 Å². The SMILES string of the molecule is Cc1cc(C)c(C(O)C2(N(C)C)CCCC(C)C2)c(F)c1. The van der Waals surface area contributed by atoms with Gasteiger partial charge in [0.15, 0.2) is 0 Å². The molecule has 3 atom stereocenters. The minimum Gasteiger partial charge on any atom is -0.386 e. The van der Waals surface area contributed by atoms with E-state index in [2.05, 4.69) is 11.8 Å². The monoisotopic (exact) mass is 293 g/mol. The largest absolute Gasteiger partial charge is 0.386 e. The van der Waals surface area contributed by atoms with Crippen molar-refractivity contribution in [1.29, 1.82) is 0 Å². The van der Waals surface area contributed by atoms with Crippen molar-refractivity contribution < 1.29 is 9.50 Å². The number of hydrogen-bond donors (Lipinski definition) is 1. The number of rotatable bonds is 3. The molecule has 1 aromatic carbocycles. The number of hydrogen-bond acceptors (Lipinski definition) is 2. The number of benzene rings is 1. The molecule has 0 aliphatic heterocycles. The van der Waals surface area contributed by atoms with Gasteiger partial charge >= 0.3 is 0 Å². The summed E-state index contributed by atoms with van der Waals surface area (Å²) in [6.45, 7) is 6.00. The zero-order valence-electron chi connectivity index (χ0n) is 13.9. The Morgan fingerprint density at radius 1 is 1.33 bits per heavy atom. The standard InChI is InChI=1S/C18H28FNO/c1-12-7-6-8-18(11-12,20(4)5)17(21)16-14(3)9-13(2)10-15(16)19/h9-10,12,17,21H,6-8,11H2,1-5H3.